The van der Waals surface area contributed by atoms with Gasteiger partial charge in [0, 0.05) is 28.6 Å². The van der Waals surface area contributed by atoms with Gasteiger partial charge in [-0.2, -0.15) is 0 Å². The van der Waals surface area contributed by atoms with Crippen molar-refractivity contribution in [3.05, 3.63) is 40.5 Å². The molecule has 2 aromatic rings. The van der Waals surface area contributed by atoms with Gasteiger partial charge in [0.2, 0.25) is 0 Å². The van der Waals surface area contributed by atoms with Crippen molar-refractivity contribution in [2.75, 3.05) is 19.6 Å². The first-order valence-electron chi connectivity index (χ1n) is 8.80. The number of nitrogens with zero attached hydrogens (tertiary/aromatic N) is 1. The van der Waals surface area contributed by atoms with Crippen LogP contribution in [0.15, 0.2) is 24.3 Å². The number of aromatic nitrogens is 1. The molecule has 1 aromatic heterocycles. The zero-order valence-electron chi connectivity index (χ0n) is 13.6. The lowest BCUT2D eigenvalue weighted by atomic mass is 9.99. The fraction of sp³-hybridized carbons (Fsp3) is 0.474. The zero-order valence-corrected chi connectivity index (χ0v) is 14.4. The molecule has 2 fully saturated rings. The smallest absolute Gasteiger partial charge is 0.252 e. The molecular formula is C19H22ClN3O. The van der Waals surface area contributed by atoms with E-state index in [9.17, 15) is 4.79 Å². The predicted octanol–water partition coefficient (Wildman–Crippen LogP) is 3.50. The third kappa shape index (κ3) is 3.40. The lowest BCUT2D eigenvalue weighted by Gasteiger charge is -2.23. The Morgan fingerprint density at radius 1 is 1.29 bits per heavy atom. The highest BCUT2D eigenvalue weighted by molar-refractivity contribution is 6.31. The molecule has 1 saturated heterocycles. The summed E-state index contributed by atoms with van der Waals surface area (Å²) in [6, 6.07) is 7.55. The first kappa shape index (κ1) is 15.9. The summed E-state index contributed by atoms with van der Waals surface area (Å²) in [6.07, 6.45) is 4.69. The van der Waals surface area contributed by atoms with Crippen molar-refractivity contribution < 1.29 is 4.79 Å². The quantitative estimate of drug-likeness (QED) is 0.893. The Bertz CT molecular complexity index is 767. The fourth-order valence-corrected chi connectivity index (χ4v) is 3.60. The molecule has 0 radical (unpaired) electrons. The molecule has 1 saturated carbocycles. The third-order valence-electron chi connectivity index (χ3n) is 4.98. The maximum Gasteiger partial charge on any atom is 0.252 e. The summed E-state index contributed by atoms with van der Waals surface area (Å²) in [5.74, 6) is 1.01. The average molecular weight is 344 g/mol. The molecule has 2 heterocycles. The van der Waals surface area contributed by atoms with Gasteiger partial charge in [0.1, 0.15) is 0 Å². The molecule has 1 aliphatic heterocycles. The number of carbonyl (C=O) groups excluding carboxylic acids is 1. The van der Waals surface area contributed by atoms with E-state index in [4.69, 9.17) is 16.6 Å². The maximum absolute atomic E-state index is 12.8. The molecule has 1 amide bonds. The van der Waals surface area contributed by atoms with Crippen molar-refractivity contribution >= 4 is 28.4 Å². The number of halogens is 1. The van der Waals surface area contributed by atoms with E-state index in [2.05, 4.69) is 10.6 Å². The highest BCUT2D eigenvalue weighted by atomic mass is 35.5. The summed E-state index contributed by atoms with van der Waals surface area (Å²) in [7, 11) is 0. The van der Waals surface area contributed by atoms with E-state index in [1.165, 1.54) is 25.7 Å². The molecule has 4 rings (SSSR count). The van der Waals surface area contributed by atoms with Crippen LogP contribution in [0, 0.1) is 5.92 Å². The number of hydrogen-bond donors (Lipinski definition) is 2. The Morgan fingerprint density at radius 2 is 2.17 bits per heavy atom. The Kier molecular flexibility index (Phi) is 4.42. The van der Waals surface area contributed by atoms with Crippen molar-refractivity contribution in [3.63, 3.8) is 0 Å². The number of benzene rings is 1. The number of nitrogens with one attached hydrogen (secondary N) is 2. The minimum absolute atomic E-state index is 0.0165. The Labute approximate surface area is 147 Å². The van der Waals surface area contributed by atoms with Gasteiger partial charge >= 0.3 is 0 Å². The molecule has 2 aliphatic rings. The van der Waals surface area contributed by atoms with Crippen LogP contribution in [-0.2, 0) is 0 Å². The van der Waals surface area contributed by atoms with Gasteiger partial charge in [-0.25, -0.2) is 0 Å². The molecule has 0 bridgehead atoms. The minimum atomic E-state index is -0.0165. The topological polar surface area (TPSA) is 54.0 Å². The highest BCUT2D eigenvalue weighted by Crippen LogP contribution is 2.40. The molecule has 1 atom stereocenters. The Hall–Kier alpha value is -1.65. The lowest BCUT2D eigenvalue weighted by Crippen LogP contribution is -2.38. The van der Waals surface area contributed by atoms with Crippen LogP contribution in [0.3, 0.4) is 0 Å². The molecule has 24 heavy (non-hydrogen) atoms. The van der Waals surface area contributed by atoms with Gasteiger partial charge in [-0.05, 0) is 69.0 Å². The van der Waals surface area contributed by atoms with E-state index in [-0.39, 0.29) is 5.91 Å². The number of piperidine rings is 1. The van der Waals surface area contributed by atoms with Gasteiger partial charge in [0.25, 0.3) is 5.91 Å². The van der Waals surface area contributed by atoms with E-state index in [1.54, 1.807) is 0 Å². The molecule has 126 valence electrons. The van der Waals surface area contributed by atoms with E-state index >= 15 is 0 Å². The second-order valence-electron chi connectivity index (χ2n) is 6.95. The van der Waals surface area contributed by atoms with Crippen LogP contribution in [0.1, 0.15) is 47.7 Å². The van der Waals surface area contributed by atoms with Crippen LogP contribution in [0.4, 0.5) is 0 Å². The van der Waals surface area contributed by atoms with Gasteiger partial charge in [0.15, 0.2) is 0 Å². The van der Waals surface area contributed by atoms with Crippen LogP contribution in [0.5, 0.6) is 0 Å². The van der Waals surface area contributed by atoms with Crippen molar-refractivity contribution in [1.82, 2.24) is 15.6 Å². The van der Waals surface area contributed by atoms with Gasteiger partial charge in [-0.15, -0.1) is 0 Å². The third-order valence-corrected chi connectivity index (χ3v) is 5.22. The minimum Gasteiger partial charge on any atom is -0.352 e. The number of carbonyl (C=O) groups is 1. The fourth-order valence-electron chi connectivity index (χ4n) is 3.43. The zero-order chi connectivity index (χ0) is 16.5. The normalized spacial score (nSPS) is 21.0. The van der Waals surface area contributed by atoms with E-state index in [0.717, 1.165) is 36.2 Å². The first-order chi connectivity index (χ1) is 11.7. The van der Waals surface area contributed by atoms with Crippen molar-refractivity contribution in [1.29, 1.82) is 0 Å². The van der Waals surface area contributed by atoms with Crippen molar-refractivity contribution in [2.24, 2.45) is 5.92 Å². The predicted molar refractivity (Wildman–Crippen MR) is 96.7 cm³/mol. The second kappa shape index (κ2) is 6.69. The number of amides is 1. The van der Waals surface area contributed by atoms with Gasteiger partial charge < -0.3 is 10.6 Å². The van der Waals surface area contributed by atoms with E-state index < -0.39 is 0 Å². The largest absolute Gasteiger partial charge is 0.352 e. The molecule has 2 N–H and O–H groups in total. The average Bonchev–Trinajstić information content (AvgIpc) is 3.45. The number of rotatable bonds is 4. The number of hydrogen-bond acceptors (Lipinski definition) is 3. The molecule has 5 heteroatoms. The first-order valence-corrected chi connectivity index (χ1v) is 9.17. The van der Waals surface area contributed by atoms with Gasteiger partial charge in [0.05, 0.1) is 11.1 Å². The van der Waals surface area contributed by atoms with E-state index in [1.807, 2.05) is 24.3 Å². The highest BCUT2D eigenvalue weighted by Gasteiger charge is 2.27. The summed E-state index contributed by atoms with van der Waals surface area (Å²) in [6.45, 7) is 2.79. The standard InChI is InChI=1S/C19H22ClN3O/c20-14-5-6-17-15(8-14)16(9-18(23-17)13-3-4-13)19(24)22-11-12-2-1-7-21-10-12/h5-6,8-9,12-13,21H,1-4,7,10-11H2,(H,22,24). The van der Waals surface area contributed by atoms with Crippen molar-refractivity contribution in [2.45, 2.75) is 31.6 Å². The molecule has 1 unspecified atom stereocenters. The van der Waals surface area contributed by atoms with Crippen LogP contribution >= 0.6 is 11.6 Å². The molecule has 1 aromatic carbocycles. The van der Waals surface area contributed by atoms with Crippen LogP contribution in [0.25, 0.3) is 10.9 Å². The summed E-state index contributed by atoms with van der Waals surface area (Å²) < 4.78 is 0. The molecular weight excluding hydrogens is 322 g/mol. The molecule has 4 nitrogen and oxygen atoms in total. The van der Waals surface area contributed by atoms with Crippen molar-refractivity contribution in [3.8, 4) is 0 Å². The monoisotopic (exact) mass is 343 g/mol. The summed E-state index contributed by atoms with van der Waals surface area (Å²) in [4.78, 5) is 17.5. The summed E-state index contributed by atoms with van der Waals surface area (Å²) >= 11 is 6.14. The Balaban J connectivity index is 1.60. The SMILES string of the molecule is O=C(NCC1CCCNC1)c1cc(C2CC2)nc2ccc(Cl)cc12. The molecule has 0 spiro atoms. The lowest BCUT2D eigenvalue weighted by molar-refractivity contribution is 0.0946. The number of pyridine rings is 1. The van der Waals surface area contributed by atoms with Crippen LogP contribution in [0.2, 0.25) is 5.02 Å². The van der Waals surface area contributed by atoms with E-state index in [0.29, 0.717) is 22.4 Å². The van der Waals surface area contributed by atoms with Crippen LogP contribution in [-0.4, -0.2) is 30.5 Å². The van der Waals surface area contributed by atoms with Gasteiger partial charge in [-0.3, -0.25) is 9.78 Å². The Morgan fingerprint density at radius 3 is 2.92 bits per heavy atom. The summed E-state index contributed by atoms with van der Waals surface area (Å²) in [5, 5.41) is 7.98. The van der Waals surface area contributed by atoms with Gasteiger partial charge in [-0.1, -0.05) is 11.6 Å². The number of fused-ring (bicyclic) bond motifs is 1. The van der Waals surface area contributed by atoms with Crippen LogP contribution < -0.4 is 10.6 Å². The second-order valence-corrected chi connectivity index (χ2v) is 7.39. The summed E-state index contributed by atoms with van der Waals surface area (Å²) in [5.41, 5.74) is 2.59. The molecule has 1 aliphatic carbocycles. The maximum atomic E-state index is 12.8.